The van der Waals surface area contributed by atoms with Crippen LogP contribution in [0.2, 0.25) is 0 Å². The molecule has 1 aliphatic heterocycles. The number of hydrogen-bond donors (Lipinski definition) is 1. The molecule has 2 atom stereocenters. The fourth-order valence-electron chi connectivity index (χ4n) is 3.84. The molecule has 2 heterocycles. The van der Waals surface area contributed by atoms with E-state index >= 15 is 0 Å². The zero-order chi connectivity index (χ0) is 23.3. The van der Waals surface area contributed by atoms with Crippen molar-refractivity contribution in [2.45, 2.75) is 65.1 Å². The molecule has 0 aliphatic carbocycles. The molecule has 1 aromatic heterocycles. The summed E-state index contributed by atoms with van der Waals surface area (Å²) in [5.41, 5.74) is 0.786. The minimum atomic E-state index is -0.366. The summed E-state index contributed by atoms with van der Waals surface area (Å²) < 4.78 is 6.06. The Balaban J connectivity index is 1.78. The number of carbonyl (C=O) groups is 2. The van der Waals surface area contributed by atoms with Gasteiger partial charge < -0.3 is 19.9 Å². The Morgan fingerprint density at radius 3 is 2.62 bits per heavy atom. The van der Waals surface area contributed by atoms with Gasteiger partial charge >= 0.3 is 6.03 Å². The predicted octanol–water partition coefficient (Wildman–Crippen LogP) is 4.86. The molecule has 0 spiro atoms. The summed E-state index contributed by atoms with van der Waals surface area (Å²) in [4.78, 5) is 31.3. The van der Waals surface area contributed by atoms with Crippen LogP contribution in [-0.2, 0) is 11.2 Å². The molecule has 1 N–H and O–H groups in total. The molecular weight excluding hydrogens is 422 g/mol. The van der Waals surface area contributed by atoms with Gasteiger partial charge in [-0.3, -0.25) is 4.79 Å². The van der Waals surface area contributed by atoms with Gasteiger partial charge in [0, 0.05) is 23.0 Å². The van der Waals surface area contributed by atoms with Gasteiger partial charge in [-0.05, 0) is 69.7 Å². The van der Waals surface area contributed by atoms with Crippen LogP contribution >= 0.6 is 11.3 Å². The van der Waals surface area contributed by atoms with Crippen LogP contribution in [0.1, 0.15) is 57.5 Å². The van der Waals surface area contributed by atoms with Gasteiger partial charge in [0.05, 0.1) is 6.04 Å². The van der Waals surface area contributed by atoms with Crippen molar-refractivity contribution in [1.29, 1.82) is 0 Å². The number of nitrogens with one attached hydrogen (secondary N) is 1. The molecule has 0 bridgehead atoms. The highest BCUT2D eigenvalue weighted by molar-refractivity contribution is 7.10. The summed E-state index contributed by atoms with van der Waals surface area (Å²) in [6.45, 7) is 10.9. The number of hydrogen-bond acceptors (Lipinski definition) is 4. The first-order valence-electron chi connectivity index (χ1n) is 11.3. The van der Waals surface area contributed by atoms with Crippen molar-refractivity contribution in [3.05, 3.63) is 52.2 Å². The molecule has 7 heteroatoms. The molecule has 0 radical (unpaired) electrons. The molecule has 6 nitrogen and oxygen atoms in total. The first-order valence-corrected chi connectivity index (χ1v) is 12.2. The van der Waals surface area contributed by atoms with Crippen molar-refractivity contribution in [2.24, 2.45) is 0 Å². The normalized spacial score (nSPS) is 16.8. The number of urea groups is 1. The second-order valence-electron chi connectivity index (χ2n) is 9.34. The topological polar surface area (TPSA) is 61.9 Å². The van der Waals surface area contributed by atoms with Crippen molar-refractivity contribution < 1.29 is 14.3 Å². The fourth-order valence-corrected chi connectivity index (χ4v) is 4.77. The summed E-state index contributed by atoms with van der Waals surface area (Å²) in [5.74, 6) is 0.737. The van der Waals surface area contributed by atoms with Gasteiger partial charge in [-0.15, -0.1) is 11.3 Å². The van der Waals surface area contributed by atoms with Crippen LogP contribution in [-0.4, -0.2) is 53.0 Å². The lowest BCUT2D eigenvalue weighted by molar-refractivity contribution is -0.136. The first-order chi connectivity index (χ1) is 15.2. The highest BCUT2D eigenvalue weighted by Gasteiger charge is 2.34. The summed E-state index contributed by atoms with van der Waals surface area (Å²) in [6.07, 6.45) is 1.61. The number of ether oxygens (including phenoxy) is 1. The minimum Gasteiger partial charge on any atom is -0.491 e. The van der Waals surface area contributed by atoms with E-state index in [1.807, 2.05) is 69.9 Å². The molecule has 1 aromatic carbocycles. The van der Waals surface area contributed by atoms with Gasteiger partial charge in [0.25, 0.3) is 0 Å². The molecule has 0 fully saturated rings. The lowest BCUT2D eigenvalue weighted by Crippen LogP contribution is -2.55. The van der Waals surface area contributed by atoms with Crippen molar-refractivity contribution >= 4 is 23.3 Å². The third-order valence-corrected chi connectivity index (χ3v) is 6.73. The molecule has 3 rings (SSSR count). The van der Waals surface area contributed by atoms with E-state index in [0.29, 0.717) is 13.2 Å². The van der Waals surface area contributed by atoms with E-state index < -0.39 is 0 Å². The summed E-state index contributed by atoms with van der Waals surface area (Å²) in [5, 5.41) is 5.09. The average molecular weight is 458 g/mol. The Morgan fingerprint density at radius 2 is 1.97 bits per heavy atom. The van der Waals surface area contributed by atoms with E-state index in [1.54, 1.807) is 16.2 Å². The maximum Gasteiger partial charge on any atom is 0.318 e. The molecule has 2 aromatic rings. The van der Waals surface area contributed by atoms with Gasteiger partial charge in [-0.1, -0.05) is 25.1 Å². The highest BCUT2D eigenvalue weighted by atomic mass is 32.1. The SMILES string of the molecule is CC[C@H](C)N(CC(=O)N1CCc2sccc2[C@H]1COc1ccccc1)C(=O)NC(C)(C)C. The van der Waals surface area contributed by atoms with Crippen molar-refractivity contribution in [2.75, 3.05) is 19.7 Å². The Morgan fingerprint density at radius 1 is 1.25 bits per heavy atom. The third kappa shape index (κ3) is 6.03. The van der Waals surface area contributed by atoms with E-state index in [1.165, 1.54) is 4.88 Å². The Hall–Kier alpha value is -2.54. The molecule has 0 saturated carbocycles. The second kappa shape index (κ2) is 10.4. The van der Waals surface area contributed by atoms with Crippen molar-refractivity contribution in [3.8, 4) is 5.75 Å². The summed E-state index contributed by atoms with van der Waals surface area (Å²) in [6, 6.07) is 11.4. The van der Waals surface area contributed by atoms with Gasteiger partial charge in [-0.2, -0.15) is 0 Å². The lowest BCUT2D eigenvalue weighted by Gasteiger charge is -2.38. The minimum absolute atomic E-state index is 0.0400. The number of thiophene rings is 1. The van der Waals surface area contributed by atoms with Gasteiger partial charge in [-0.25, -0.2) is 4.79 Å². The Bertz CT molecular complexity index is 907. The van der Waals surface area contributed by atoms with Gasteiger partial charge in [0.1, 0.15) is 18.9 Å². The van der Waals surface area contributed by atoms with Crippen LogP contribution in [0, 0.1) is 0 Å². The first kappa shape index (κ1) is 24.1. The van der Waals surface area contributed by atoms with E-state index in [2.05, 4.69) is 16.8 Å². The fraction of sp³-hybridized carbons (Fsp3) is 0.520. The van der Waals surface area contributed by atoms with Gasteiger partial charge in [0.2, 0.25) is 5.91 Å². The summed E-state index contributed by atoms with van der Waals surface area (Å²) >= 11 is 1.73. The Kier molecular flexibility index (Phi) is 7.82. The van der Waals surface area contributed by atoms with E-state index in [-0.39, 0.29) is 36.1 Å². The van der Waals surface area contributed by atoms with E-state index in [0.717, 1.165) is 24.2 Å². The number of para-hydroxylation sites is 1. The Labute approximate surface area is 195 Å². The predicted molar refractivity (Wildman–Crippen MR) is 129 cm³/mol. The van der Waals surface area contributed by atoms with Crippen LogP contribution < -0.4 is 10.1 Å². The monoisotopic (exact) mass is 457 g/mol. The molecule has 0 saturated heterocycles. The van der Waals surface area contributed by atoms with Crippen LogP contribution in [0.4, 0.5) is 4.79 Å². The van der Waals surface area contributed by atoms with Gasteiger partial charge in [0.15, 0.2) is 0 Å². The number of rotatable bonds is 7. The van der Waals surface area contributed by atoms with Crippen LogP contribution in [0.3, 0.4) is 0 Å². The molecule has 3 amide bonds. The molecule has 1 aliphatic rings. The highest BCUT2D eigenvalue weighted by Crippen LogP contribution is 2.34. The van der Waals surface area contributed by atoms with E-state index in [9.17, 15) is 9.59 Å². The summed E-state index contributed by atoms with van der Waals surface area (Å²) in [7, 11) is 0. The molecular formula is C25H35N3O3S. The van der Waals surface area contributed by atoms with Crippen molar-refractivity contribution in [1.82, 2.24) is 15.1 Å². The zero-order valence-electron chi connectivity index (χ0n) is 19.8. The molecule has 32 heavy (non-hydrogen) atoms. The van der Waals surface area contributed by atoms with Crippen molar-refractivity contribution in [3.63, 3.8) is 0 Å². The molecule has 174 valence electrons. The lowest BCUT2D eigenvalue weighted by atomic mass is 10.00. The standard InChI is InChI=1S/C25H35N3O3S/c1-6-18(2)28(24(30)26-25(3,4)5)16-23(29)27-14-12-22-20(13-15-32-22)21(27)17-31-19-10-8-7-9-11-19/h7-11,13,15,18,21H,6,12,14,16-17H2,1-5H3,(H,26,30)/t18-,21+/m0/s1. The average Bonchev–Trinajstić information content (AvgIpc) is 3.23. The number of nitrogens with zero attached hydrogens (tertiary/aromatic N) is 2. The van der Waals surface area contributed by atoms with Crippen LogP contribution in [0.5, 0.6) is 5.75 Å². The van der Waals surface area contributed by atoms with Crippen LogP contribution in [0.15, 0.2) is 41.8 Å². The number of amides is 3. The molecule has 0 unspecified atom stereocenters. The zero-order valence-corrected chi connectivity index (χ0v) is 20.6. The maximum absolute atomic E-state index is 13.5. The quantitative estimate of drug-likeness (QED) is 0.646. The van der Waals surface area contributed by atoms with Crippen LogP contribution in [0.25, 0.3) is 0 Å². The number of fused-ring (bicyclic) bond motifs is 1. The largest absolute Gasteiger partial charge is 0.491 e. The number of carbonyl (C=O) groups excluding carboxylic acids is 2. The maximum atomic E-state index is 13.5. The third-order valence-electron chi connectivity index (χ3n) is 5.74. The number of benzene rings is 1. The smallest absolute Gasteiger partial charge is 0.318 e. The second-order valence-corrected chi connectivity index (χ2v) is 10.3. The van der Waals surface area contributed by atoms with E-state index in [4.69, 9.17) is 4.74 Å².